The molecule has 0 aromatic rings. The number of ether oxygens (including phenoxy) is 3. The first kappa shape index (κ1) is 16.0. The van der Waals surface area contributed by atoms with E-state index in [1.807, 2.05) is 0 Å². The highest BCUT2D eigenvalue weighted by atomic mass is 16.6. The third kappa shape index (κ3) is 2.16. The summed E-state index contributed by atoms with van der Waals surface area (Å²) in [6.07, 6.45) is -0.527. The predicted molar refractivity (Wildman–Crippen MR) is 79.9 cm³/mol. The molecule has 1 saturated carbocycles. The van der Waals surface area contributed by atoms with Crippen molar-refractivity contribution in [2.24, 2.45) is 17.3 Å². The molecule has 0 radical (unpaired) electrons. The van der Waals surface area contributed by atoms with Crippen LogP contribution in [0.25, 0.3) is 0 Å². The van der Waals surface area contributed by atoms with E-state index in [0.29, 0.717) is 5.57 Å². The van der Waals surface area contributed by atoms with Gasteiger partial charge in [0.25, 0.3) is 0 Å². The molecule has 0 aromatic carbocycles. The number of carbonyl (C=O) groups excluding carboxylic acids is 2. The van der Waals surface area contributed by atoms with E-state index in [2.05, 4.69) is 19.7 Å². The molecule has 0 bridgehead atoms. The highest BCUT2D eigenvalue weighted by Crippen LogP contribution is 2.57. The minimum absolute atomic E-state index is 0.174. The van der Waals surface area contributed by atoms with E-state index < -0.39 is 41.8 Å². The molecule has 6 nitrogen and oxygen atoms in total. The Morgan fingerprint density at radius 1 is 1.48 bits per heavy atom. The molecule has 2 saturated heterocycles. The molecule has 0 spiro atoms. The largest absolute Gasteiger partial charge is 0.462 e. The Kier molecular flexibility index (Phi) is 3.69. The quantitative estimate of drug-likeness (QED) is 0.466. The second-order valence-corrected chi connectivity index (χ2v) is 6.39. The molecule has 124 valence electrons. The molecule has 2 aliphatic heterocycles. The van der Waals surface area contributed by atoms with Gasteiger partial charge in [0.15, 0.2) is 6.29 Å². The van der Waals surface area contributed by atoms with Gasteiger partial charge in [-0.2, -0.15) is 0 Å². The van der Waals surface area contributed by atoms with Crippen LogP contribution in [0.1, 0.15) is 13.3 Å². The molecular formula is C17H20O6. The van der Waals surface area contributed by atoms with Gasteiger partial charge in [-0.1, -0.05) is 19.2 Å². The summed E-state index contributed by atoms with van der Waals surface area (Å²) in [4.78, 5) is 23.5. The first-order chi connectivity index (χ1) is 10.8. The summed E-state index contributed by atoms with van der Waals surface area (Å²) >= 11 is 0. The zero-order chi connectivity index (χ0) is 16.9. The maximum atomic E-state index is 12.0. The zero-order valence-corrected chi connectivity index (χ0v) is 13.0. The lowest BCUT2D eigenvalue weighted by atomic mass is 9.57. The van der Waals surface area contributed by atoms with Crippen molar-refractivity contribution in [1.82, 2.24) is 0 Å². The van der Waals surface area contributed by atoms with Gasteiger partial charge in [-0.25, -0.2) is 4.79 Å². The van der Waals surface area contributed by atoms with Crippen LogP contribution in [0.5, 0.6) is 0 Å². The zero-order valence-electron chi connectivity index (χ0n) is 13.0. The maximum absolute atomic E-state index is 12.0. The monoisotopic (exact) mass is 320 g/mol. The van der Waals surface area contributed by atoms with Gasteiger partial charge >= 0.3 is 11.9 Å². The summed E-state index contributed by atoms with van der Waals surface area (Å²) in [5.74, 6) is -1.79. The van der Waals surface area contributed by atoms with Crippen molar-refractivity contribution in [1.29, 1.82) is 0 Å². The Hall–Kier alpha value is -1.92. The lowest BCUT2D eigenvalue weighted by Crippen LogP contribution is -2.60. The fourth-order valence-electron chi connectivity index (χ4n) is 4.16. The molecule has 6 unspecified atom stereocenters. The van der Waals surface area contributed by atoms with Crippen LogP contribution in [0.3, 0.4) is 0 Å². The standard InChI is InChI=1S/C17H20O6/c1-5-17-6-11(22-10(4)18)12-9(3)15(19)23-14(12)13(17)8(2)7-21-16(17)20/h5,11-14,16,20H,1-3,6-7H2,4H3. The Bertz CT molecular complexity index is 608. The molecule has 6 heteroatoms. The van der Waals surface area contributed by atoms with Crippen molar-refractivity contribution in [3.63, 3.8) is 0 Å². The van der Waals surface area contributed by atoms with Crippen molar-refractivity contribution < 1.29 is 28.9 Å². The molecule has 1 aliphatic carbocycles. The normalized spacial score (nSPS) is 42.5. The van der Waals surface area contributed by atoms with Crippen LogP contribution in [0, 0.1) is 17.3 Å². The molecule has 3 aliphatic rings. The summed E-state index contributed by atoms with van der Waals surface area (Å²) < 4.78 is 16.3. The number of esters is 2. The Balaban J connectivity index is 2.09. The SMILES string of the molecule is C=CC12CC(OC(C)=O)C3C(=C)C(=O)OC3C1C(=C)COC2O. The maximum Gasteiger partial charge on any atom is 0.334 e. The molecule has 0 amide bonds. The third-order valence-corrected chi connectivity index (χ3v) is 5.15. The number of fused-ring (bicyclic) bond motifs is 3. The van der Waals surface area contributed by atoms with Gasteiger partial charge in [0.2, 0.25) is 0 Å². The highest BCUT2D eigenvalue weighted by molar-refractivity contribution is 5.91. The summed E-state index contributed by atoms with van der Waals surface area (Å²) in [5, 5.41) is 10.4. The summed E-state index contributed by atoms with van der Waals surface area (Å²) in [7, 11) is 0. The van der Waals surface area contributed by atoms with Crippen LogP contribution in [-0.2, 0) is 23.8 Å². The van der Waals surface area contributed by atoms with Gasteiger partial charge in [0, 0.05) is 18.4 Å². The smallest absolute Gasteiger partial charge is 0.334 e. The van der Waals surface area contributed by atoms with E-state index in [1.54, 1.807) is 6.08 Å². The number of hydrogen-bond acceptors (Lipinski definition) is 6. The highest BCUT2D eigenvalue weighted by Gasteiger charge is 2.63. The van der Waals surface area contributed by atoms with Crippen LogP contribution in [0.4, 0.5) is 0 Å². The summed E-state index contributed by atoms with van der Waals surface area (Å²) in [5.41, 5.74) is 0.0725. The Morgan fingerprint density at radius 3 is 2.78 bits per heavy atom. The summed E-state index contributed by atoms with van der Waals surface area (Å²) in [6, 6.07) is 0. The van der Waals surface area contributed by atoms with E-state index in [-0.39, 0.29) is 24.5 Å². The van der Waals surface area contributed by atoms with Crippen LogP contribution < -0.4 is 0 Å². The fourth-order valence-corrected chi connectivity index (χ4v) is 4.16. The first-order valence-electron chi connectivity index (χ1n) is 7.49. The molecule has 23 heavy (non-hydrogen) atoms. The minimum atomic E-state index is -1.14. The average Bonchev–Trinajstić information content (AvgIpc) is 2.78. The van der Waals surface area contributed by atoms with Crippen molar-refractivity contribution >= 4 is 11.9 Å². The molecule has 1 N–H and O–H groups in total. The van der Waals surface area contributed by atoms with Gasteiger partial charge < -0.3 is 19.3 Å². The number of rotatable bonds is 2. The molecule has 3 fully saturated rings. The third-order valence-electron chi connectivity index (χ3n) is 5.15. The lowest BCUT2D eigenvalue weighted by Gasteiger charge is -2.54. The van der Waals surface area contributed by atoms with Crippen molar-refractivity contribution in [2.75, 3.05) is 6.61 Å². The predicted octanol–water partition coefficient (Wildman–Crippen LogP) is 1.11. The molecule has 2 heterocycles. The van der Waals surface area contributed by atoms with E-state index >= 15 is 0 Å². The van der Waals surface area contributed by atoms with Crippen LogP contribution in [0.15, 0.2) is 37.0 Å². The summed E-state index contributed by atoms with van der Waals surface area (Å²) in [6.45, 7) is 13.1. The van der Waals surface area contributed by atoms with E-state index in [9.17, 15) is 14.7 Å². The second-order valence-electron chi connectivity index (χ2n) is 6.39. The minimum Gasteiger partial charge on any atom is -0.462 e. The number of aliphatic hydroxyl groups excluding tert-OH is 1. The Labute approximate surface area is 134 Å². The number of aliphatic hydroxyl groups is 1. The molecule has 0 aromatic heterocycles. The Morgan fingerprint density at radius 2 is 2.17 bits per heavy atom. The van der Waals surface area contributed by atoms with E-state index in [0.717, 1.165) is 0 Å². The fraction of sp³-hybridized carbons (Fsp3) is 0.529. The van der Waals surface area contributed by atoms with Crippen LogP contribution in [-0.4, -0.2) is 42.1 Å². The van der Waals surface area contributed by atoms with Crippen molar-refractivity contribution in [2.45, 2.75) is 31.8 Å². The van der Waals surface area contributed by atoms with Crippen molar-refractivity contribution in [3.8, 4) is 0 Å². The van der Waals surface area contributed by atoms with Gasteiger partial charge in [-0.3, -0.25) is 4.79 Å². The molecule has 3 rings (SSSR count). The lowest BCUT2D eigenvalue weighted by molar-refractivity contribution is -0.233. The van der Waals surface area contributed by atoms with Gasteiger partial charge in [0.1, 0.15) is 12.2 Å². The molecular weight excluding hydrogens is 300 g/mol. The average molecular weight is 320 g/mol. The second kappa shape index (κ2) is 5.32. The topological polar surface area (TPSA) is 82.1 Å². The first-order valence-corrected chi connectivity index (χ1v) is 7.49. The number of carbonyl (C=O) groups is 2. The number of hydrogen-bond donors (Lipinski definition) is 1. The molecule has 6 atom stereocenters. The van der Waals surface area contributed by atoms with Crippen molar-refractivity contribution in [3.05, 3.63) is 37.0 Å². The van der Waals surface area contributed by atoms with Crippen LogP contribution in [0.2, 0.25) is 0 Å². The van der Waals surface area contributed by atoms with Gasteiger partial charge in [0.05, 0.1) is 17.9 Å². The van der Waals surface area contributed by atoms with Gasteiger partial charge in [-0.15, -0.1) is 6.58 Å². The van der Waals surface area contributed by atoms with Crippen LogP contribution >= 0.6 is 0 Å². The van der Waals surface area contributed by atoms with Gasteiger partial charge in [-0.05, 0) is 12.0 Å². The van der Waals surface area contributed by atoms with E-state index in [4.69, 9.17) is 14.2 Å². The van der Waals surface area contributed by atoms with E-state index in [1.165, 1.54) is 6.92 Å².